The molecule has 4 rings (SSSR count). The summed E-state index contributed by atoms with van der Waals surface area (Å²) in [6.45, 7) is 3.89. The number of benzene rings is 1. The van der Waals surface area contributed by atoms with Crippen LogP contribution in [0.5, 0.6) is 11.5 Å². The summed E-state index contributed by atoms with van der Waals surface area (Å²) < 4.78 is 11.5. The monoisotopic (exact) mass is 340 g/mol. The number of urea groups is 1. The molecule has 0 saturated heterocycles. The molecule has 1 aromatic carbocycles. The highest BCUT2D eigenvalue weighted by Crippen LogP contribution is 2.30. The number of para-hydroxylation sites is 2. The van der Waals surface area contributed by atoms with Crippen molar-refractivity contribution in [1.29, 1.82) is 0 Å². The molecule has 2 amide bonds. The Kier molecular flexibility index (Phi) is 4.13. The first-order valence-corrected chi connectivity index (χ1v) is 8.42. The second-order valence-corrected chi connectivity index (χ2v) is 6.24. The molecule has 7 heteroatoms. The highest BCUT2D eigenvalue weighted by atomic mass is 16.6. The third kappa shape index (κ3) is 3.35. The molecule has 2 aromatic rings. The fraction of sp³-hybridized carbons (Fsp3) is 0.389. The number of amides is 2. The van der Waals surface area contributed by atoms with E-state index in [1.807, 2.05) is 37.4 Å². The number of aryl methyl sites for hydroxylation is 1. The fourth-order valence-electron chi connectivity index (χ4n) is 3.07. The zero-order valence-corrected chi connectivity index (χ0v) is 14.1. The van der Waals surface area contributed by atoms with Crippen molar-refractivity contribution in [1.82, 2.24) is 20.2 Å². The van der Waals surface area contributed by atoms with E-state index in [9.17, 15) is 4.79 Å². The number of hydrogen-bond donors (Lipinski definition) is 1. The SMILES string of the molecule is Cc1ncc2c(n1)CCN(C(=O)NC[C@@H]1COc3ccccc3O1)C2. The predicted molar refractivity (Wildman–Crippen MR) is 90.6 cm³/mol. The third-order valence-corrected chi connectivity index (χ3v) is 4.39. The second kappa shape index (κ2) is 6.58. The Labute approximate surface area is 146 Å². The summed E-state index contributed by atoms with van der Waals surface area (Å²) in [6.07, 6.45) is 2.37. The maximum Gasteiger partial charge on any atom is 0.317 e. The van der Waals surface area contributed by atoms with Gasteiger partial charge in [-0.15, -0.1) is 0 Å². The zero-order valence-electron chi connectivity index (χ0n) is 14.1. The number of carbonyl (C=O) groups is 1. The van der Waals surface area contributed by atoms with Crippen LogP contribution < -0.4 is 14.8 Å². The van der Waals surface area contributed by atoms with E-state index in [1.54, 1.807) is 4.90 Å². The van der Waals surface area contributed by atoms with Crippen LogP contribution in [-0.2, 0) is 13.0 Å². The van der Waals surface area contributed by atoms with Gasteiger partial charge in [-0.1, -0.05) is 12.1 Å². The van der Waals surface area contributed by atoms with Gasteiger partial charge in [0.1, 0.15) is 12.4 Å². The lowest BCUT2D eigenvalue weighted by Crippen LogP contribution is -2.47. The summed E-state index contributed by atoms with van der Waals surface area (Å²) in [7, 11) is 0. The average molecular weight is 340 g/mol. The molecule has 25 heavy (non-hydrogen) atoms. The molecule has 0 radical (unpaired) electrons. The van der Waals surface area contributed by atoms with Crippen LogP contribution in [0.15, 0.2) is 30.5 Å². The Bertz CT molecular complexity index is 796. The van der Waals surface area contributed by atoms with Gasteiger partial charge < -0.3 is 19.7 Å². The van der Waals surface area contributed by atoms with Crippen molar-refractivity contribution in [2.45, 2.75) is 26.0 Å². The number of nitrogens with one attached hydrogen (secondary N) is 1. The van der Waals surface area contributed by atoms with Crippen LogP contribution in [0, 0.1) is 6.92 Å². The summed E-state index contributed by atoms with van der Waals surface area (Å²) in [5.41, 5.74) is 2.05. The quantitative estimate of drug-likeness (QED) is 0.900. The normalized spacial score (nSPS) is 18.4. The van der Waals surface area contributed by atoms with E-state index >= 15 is 0 Å². The largest absolute Gasteiger partial charge is 0.486 e. The minimum absolute atomic E-state index is 0.103. The molecule has 2 aliphatic heterocycles. The van der Waals surface area contributed by atoms with Crippen molar-refractivity contribution in [3.8, 4) is 11.5 Å². The minimum Gasteiger partial charge on any atom is -0.486 e. The van der Waals surface area contributed by atoms with Crippen LogP contribution in [0.25, 0.3) is 0 Å². The van der Waals surface area contributed by atoms with Crippen molar-refractivity contribution in [3.63, 3.8) is 0 Å². The Morgan fingerprint density at radius 2 is 2.20 bits per heavy atom. The molecular formula is C18H20N4O3. The van der Waals surface area contributed by atoms with E-state index in [-0.39, 0.29) is 12.1 Å². The second-order valence-electron chi connectivity index (χ2n) is 6.24. The number of carbonyl (C=O) groups excluding carboxylic acids is 1. The number of ether oxygens (including phenoxy) is 2. The van der Waals surface area contributed by atoms with Gasteiger partial charge in [0, 0.05) is 24.7 Å². The van der Waals surface area contributed by atoms with Crippen LogP contribution in [0.1, 0.15) is 17.1 Å². The maximum absolute atomic E-state index is 12.4. The van der Waals surface area contributed by atoms with Crippen LogP contribution in [-0.4, -0.2) is 46.7 Å². The summed E-state index contributed by atoms with van der Waals surface area (Å²) >= 11 is 0. The van der Waals surface area contributed by atoms with E-state index in [4.69, 9.17) is 9.47 Å². The lowest BCUT2D eigenvalue weighted by atomic mass is 10.1. The van der Waals surface area contributed by atoms with Crippen LogP contribution in [0.4, 0.5) is 4.79 Å². The molecule has 0 aliphatic carbocycles. The predicted octanol–water partition coefficient (Wildman–Crippen LogP) is 1.69. The molecule has 7 nitrogen and oxygen atoms in total. The van der Waals surface area contributed by atoms with E-state index in [0.717, 1.165) is 29.3 Å². The topological polar surface area (TPSA) is 76.6 Å². The summed E-state index contributed by atoms with van der Waals surface area (Å²) in [4.78, 5) is 22.9. The Hall–Kier alpha value is -2.83. The van der Waals surface area contributed by atoms with Crippen LogP contribution >= 0.6 is 0 Å². The van der Waals surface area contributed by atoms with E-state index in [2.05, 4.69) is 15.3 Å². The molecule has 1 aromatic heterocycles. The van der Waals surface area contributed by atoms with Crippen LogP contribution in [0.3, 0.4) is 0 Å². The first-order chi connectivity index (χ1) is 12.2. The Morgan fingerprint density at radius 1 is 1.36 bits per heavy atom. The van der Waals surface area contributed by atoms with Gasteiger partial charge in [-0.25, -0.2) is 14.8 Å². The number of hydrogen-bond acceptors (Lipinski definition) is 5. The maximum atomic E-state index is 12.4. The van der Waals surface area contributed by atoms with Gasteiger partial charge in [0.05, 0.1) is 18.8 Å². The fourth-order valence-corrected chi connectivity index (χ4v) is 3.07. The van der Waals surface area contributed by atoms with Gasteiger partial charge in [-0.2, -0.15) is 0 Å². The van der Waals surface area contributed by atoms with Gasteiger partial charge in [0.15, 0.2) is 17.6 Å². The van der Waals surface area contributed by atoms with Crippen molar-refractivity contribution in [2.24, 2.45) is 0 Å². The van der Waals surface area contributed by atoms with Crippen LogP contribution in [0.2, 0.25) is 0 Å². The average Bonchev–Trinajstić information content (AvgIpc) is 2.65. The lowest BCUT2D eigenvalue weighted by molar-refractivity contribution is 0.0898. The summed E-state index contributed by atoms with van der Waals surface area (Å²) in [5, 5.41) is 2.94. The molecular weight excluding hydrogens is 320 g/mol. The van der Waals surface area contributed by atoms with Gasteiger partial charge in [0.2, 0.25) is 0 Å². The molecule has 3 heterocycles. The Balaban J connectivity index is 1.32. The number of nitrogens with zero attached hydrogens (tertiary/aromatic N) is 3. The van der Waals surface area contributed by atoms with Crippen molar-refractivity contribution < 1.29 is 14.3 Å². The molecule has 0 bridgehead atoms. The summed E-state index contributed by atoms with van der Waals surface area (Å²) in [6, 6.07) is 7.45. The van der Waals surface area contributed by atoms with E-state index in [0.29, 0.717) is 32.0 Å². The van der Waals surface area contributed by atoms with E-state index in [1.165, 1.54) is 0 Å². The number of aromatic nitrogens is 2. The van der Waals surface area contributed by atoms with Gasteiger partial charge in [0.25, 0.3) is 0 Å². The highest BCUT2D eigenvalue weighted by Gasteiger charge is 2.25. The summed E-state index contributed by atoms with van der Waals surface area (Å²) in [5.74, 6) is 2.23. The first-order valence-electron chi connectivity index (χ1n) is 8.42. The standard InChI is InChI=1S/C18H20N4O3/c1-12-19-8-13-10-22(7-6-15(13)21-12)18(23)20-9-14-11-24-16-4-2-3-5-17(16)25-14/h2-5,8,14H,6-7,9-11H2,1H3,(H,20,23)/t14-/m1/s1. The Morgan fingerprint density at radius 3 is 3.08 bits per heavy atom. The first kappa shape index (κ1) is 15.7. The van der Waals surface area contributed by atoms with Gasteiger partial charge in [-0.05, 0) is 19.1 Å². The van der Waals surface area contributed by atoms with Crippen molar-refractivity contribution in [2.75, 3.05) is 19.7 Å². The number of fused-ring (bicyclic) bond motifs is 2. The van der Waals surface area contributed by atoms with E-state index < -0.39 is 0 Å². The zero-order chi connectivity index (χ0) is 17.2. The number of rotatable bonds is 2. The molecule has 0 saturated carbocycles. The van der Waals surface area contributed by atoms with Crippen molar-refractivity contribution in [3.05, 3.63) is 47.5 Å². The smallest absolute Gasteiger partial charge is 0.317 e. The highest BCUT2D eigenvalue weighted by molar-refractivity contribution is 5.74. The van der Waals surface area contributed by atoms with Gasteiger partial charge >= 0.3 is 6.03 Å². The molecule has 1 atom stereocenters. The molecule has 0 unspecified atom stereocenters. The molecule has 0 spiro atoms. The molecule has 2 aliphatic rings. The molecule has 130 valence electrons. The third-order valence-electron chi connectivity index (χ3n) is 4.39. The minimum atomic E-state index is -0.193. The molecule has 1 N–H and O–H groups in total. The molecule has 0 fully saturated rings. The van der Waals surface area contributed by atoms with Gasteiger partial charge in [-0.3, -0.25) is 0 Å². The lowest BCUT2D eigenvalue weighted by Gasteiger charge is -2.30. The van der Waals surface area contributed by atoms with Crippen molar-refractivity contribution >= 4 is 6.03 Å².